The third-order valence-electron chi connectivity index (χ3n) is 4.30. The first-order chi connectivity index (χ1) is 12.6. The fourth-order valence-electron chi connectivity index (χ4n) is 2.68. The Morgan fingerprint density at radius 3 is 2.56 bits per heavy atom. The van der Waals surface area contributed by atoms with Gasteiger partial charge in [-0.05, 0) is 26.3 Å². The Kier molecular flexibility index (Phi) is 6.84. The predicted molar refractivity (Wildman–Crippen MR) is 101 cm³/mol. The molecule has 0 radical (unpaired) electrons. The largest absolute Gasteiger partial charge is 0.445 e. The fourth-order valence-corrected chi connectivity index (χ4v) is 2.68. The molecule has 1 aliphatic rings. The van der Waals surface area contributed by atoms with Crippen molar-refractivity contribution >= 4 is 12.0 Å². The molecule has 27 heavy (non-hydrogen) atoms. The van der Waals surface area contributed by atoms with Crippen LogP contribution in [0.2, 0.25) is 0 Å². The van der Waals surface area contributed by atoms with E-state index >= 15 is 0 Å². The number of ether oxygens (including phenoxy) is 3. The van der Waals surface area contributed by atoms with E-state index in [9.17, 15) is 9.59 Å². The van der Waals surface area contributed by atoms with Gasteiger partial charge in [0.2, 0.25) is 5.91 Å². The zero-order valence-corrected chi connectivity index (χ0v) is 16.7. The molecular weight excluding hydrogens is 348 g/mol. The first kappa shape index (κ1) is 21.2. The average molecular weight is 378 g/mol. The van der Waals surface area contributed by atoms with Crippen LogP contribution in [0, 0.1) is 5.41 Å². The van der Waals surface area contributed by atoms with Crippen molar-refractivity contribution < 1.29 is 23.8 Å². The summed E-state index contributed by atoms with van der Waals surface area (Å²) in [6.45, 7) is 10.1. The molecule has 150 valence electrons. The van der Waals surface area contributed by atoms with E-state index in [0.717, 1.165) is 5.56 Å². The van der Waals surface area contributed by atoms with Crippen molar-refractivity contribution in [2.45, 2.75) is 59.2 Å². The summed E-state index contributed by atoms with van der Waals surface area (Å²) in [5, 5.41) is 5.54. The van der Waals surface area contributed by atoms with E-state index in [2.05, 4.69) is 10.6 Å². The van der Waals surface area contributed by atoms with Gasteiger partial charge in [0.15, 0.2) is 5.79 Å². The number of nitrogens with one attached hydrogen (secondary N) is 2. The van der Waals surface area contributed by atoms with Gasteiger partial charge in [0, 0.05) is 18.0 Å². The minimum Gasteiger partial charge on any atom is -0.445 e. The third kappa shape index (κ3) is 6.52. The molecule has 7 nitrogen and oxygen atoms in total. The zero-order valence-electron chi connectivity index (χ0n) is 16.7. The van der Waals surface area contributed by atoms with Gasteiger partial charge in [-0.2, -0.15) is 0 Å². The lowest BCUT2D eigenvalue weighted by Gasteiger charge is -2.44. The van der Waals surface area contributed by atoms with E-state index in [4.69, 9.17) is 14.2 Å². The molecule has 0 spiro atoms. The number of alkyl carbamates (subject to hydrolysis) is 1. The van der Waals surface area contributed by atoms with Crippen LogP contribution in [0.5, 0.6) is 0 Å². The summed E-state index contributed by atoms with van der Waals surface area (Å²) in [6.07, 6.45) is -1.15. The van der Waals surface area contributed by atoms with Gasteiger partial charge in [-0.25, -0.2) is 4.79 Å². The quantitative estimate of drug-likeness (QED) is 0.795. The lowest BCUT2D eigenvalue weighted by molar-refractivity contribution is -0.304. The monoisotopic (exact) mass is 378 g/mol. The topological polar surface area (TPSA) is 85.9 Å². The molecule has 2 atom stereocenters. The molecule has 2 N–H and O–H groups in total. The van der Waals surface area contributed by atoms with Crippen molar-refractivity contribution in [1.29, 1.82) is 0 Å². The van der Waals surface area contributed by atoms with Crippen LogP contribution in [-0.4, -0.2) is 43.1 Å². The second-order valence-corrected chi connectivity index (χ2v) is 8.03. The van der Waals surface area contributed by atoms with E-state index < -0.39 is 23.4 Å². The first-order valence-corrected chi connectivity index (χ1v) is 9.16. The molecule has 1 aromatic carbocycles. The summed E-state index contributed by atoms with van der Waals surface area (Å²) in [7, 11) is 0. The van der Waals surface area contributed by atoms with Crippen LogP contribution in [-0.2, 0) is 25.6 Å². The molecule has 1 heterocycles. The highest BCUT2D eigenvalue weighted by molar-refractivity contribution is 5.82. The SMILES string of the molecule is C[C@@H](CNC(=O)C1OC(C)(C)OCC1(C)C)NC(=O)OCc1ccccc1. The van der Waals surface area contributed by atoms with Crippen molar-refractivity contribution in [3.63, 3.8) is 0 Å². The number of hydrogen-bond donors (Lipinski definition) is 2. The fraction of sp³-hybridized carbons (Fsp3) is 0.600. The molecule has 1 saturated heterocycles. The molecule has 0 saturated carbocycles. The van der Waals surface area contributed by atoms with Gasteiger partial charge >= 0.3 is 6.09 Å². The Bertz CT molecular complexity index is 645. The van der Waals surface area contributed by atoms with E-state index in [1.165, 1.54) is 0 Å². The summed E-state index contributed by atoms with van der Waals surface area (Å²) in [5.74, 6) is -1.02. The summed E-state index contributed by atoms with van der Waals surface area (Å²) >= 11 is 0. The van der Waals surface area contributed by atoms with Crippen LogP contribution in [0.15, 0.2) is 30.3 Å². The molecule has 1 aliphatic heterocycles. The minimum absolute atomic E-state index is 0.199. The molecule has 7 heteroatoms. The van der Waals surface area contributed by atoms with E-state index in [1.807, 2.05) is 44.2 Å². The molecule has 2 amide bonds. The Labute approximate surface area is 160 Å². The molecule has 0 bridgehead atoms. The number of carbonyl (C=O) groups is 2. The van der Waals surface area contributed by atoms with Gasteiger partial charge in [0.1, 0.15) is 12.7 Å². The van der Waals surface area contributed by atoms with Crippen molar-refractivity contribution in [2.75, 3.05) is 13.2 Å². The highest BCUT2D eigenvalue weighted by atomic mass is 16.7. The number of carbonyl (C=O) groups excluding carboxylic acids is 2. The Morgan fingerprint density at radius 2 is 1.89 bits per heavy atom. The predicted octanol–water partition coefficient (Wildman–Crippen LogP) is 2.60. The average Bonchev–Trinajstić information content (AvgIpc) is 2.61. The van der Waals surface area contributed by atoms with Gasteiger partial charge in [0.05, 0.1) is 6.61 Å². The van der Waals surface area contributed by atoms with Crippen molar-refractivity contribution in [3.05, 3.63) is 35.9 Å². The van der Waals surface area contributed by atoms with Crippen molar-refractivity contribution in [3.8, 4) is 0 Å². The standard InChI is InChI=1S/C20H30N2O5/c1-14(22-18(24)25-12-15-9-7-6-8-10-15)11-21-17(23)16-19(2,3)13-26-20(4,5)27-16/h6-10,14,16H,11-13H2,1-5H3,(H,21,23)(H,22,24)/t14-,16?/m0/s1. The van der Waals surface area contributed by atoms with Crippen molar-refractivity contribution in [1.82, 2.24) is 10.6 Å². The van der Waals surface area contributed by atoms with Gasteiger partial charge in [0.25, 0.3) is 0 Å². The number of amides is 2. The molecule has 1 unspecified atom stereocenters. The zero-order chi connectivity index (χ0) is 20.1. The lowest BCUT2D eigenvalue weighted by atomic mass is 9.85. The van der Waals surface area contributed by atoms with Gasteiger partial charge < -0.3 is 24.8 Å². The number of benzene rings is 1. The van der Waals surface area contributed by atoms with Gasteiger partial charge in [-0.3, -0.25) is 4.79 Å². The summed E-state index contributed by atoms with van der Waals surface area (Å²) < 4.78 is 16.6. The lowest BCUT2D eigenvalue weighted by Crippen LogP contribution is -2.57. The van der Waals surface area contributed by atoms with Crippen molar-refractivity contribution in [2.24, 2.45) is 5.41 Å². The number of hydrogen-bond acceptors (Lipinski definition) is 5. The first-order valence-electron chi connectivity index (χ1n) is 9.16. The van der Waals surface area contributed by atoms with Crippen LogP contribution in [0.4, 0.5) is 4.79 Å². The Hall–Kier alpha value is -2.12. The van der Waals surface area contributed by atoms with E-state index in [0.29, 0.717) is 6.61 Å². The molecule has 1 fully saturated rings. The molecule has 0 aromatic heterocycles. The van der Waals surface area contributed by atoms with Crippen LogP contribution in [0.1, 0.15) is 40.2 Å². The Morgan fingerprint density at radius 1 is 1.22 bits per heavy atom. The smallest absolute Gasteiger partial charge is 0.407 e. The highest BCUT2D eigenvalue weighted by Gasteiger charge is 2.45. The minimum atomic E-state index is -0.803. The van der Waals surface area contributed by atoms with Gasteiger partial charge in [-0.15, -0.1) is 0 Å². The molecule has 1 aromatic rings. The molecule has 2 rings (SSSR count). The molecule has 0 aliphatic carbocycles. The number of rotatable bonds is 6. The normalized spacial score (nSPS) is 21.7. The van der Waals surface area contributed by atoms with Crippen LogP contribution < -0.4 is 10.6 Å². The second-order valence-electron chi connectivity index (χ2n) is 8.03. The van der Waals surface area contributed by atoms with E-state index in [1.54, 1.807) is 20.8 Å². The van der Waals surface area contributed by atoms with E-state index in [-0.39, 0.29) is 25.1 Å². The van der Waals surface area contributed by atoms with Gasteiger partial charge in [-0.1, -0.05) is 44.2 Å². The van der Waals surface area contributed by atoms with Crippen LogP contribution in [0.25, 0.3) is 0 Å². The maximum absolute atomic E-state index is 12.6. The second kappa shape index (κ2) is 8.71. The molecular formula is C20H30N2O5. The highest BCUT2D eigenvalue weighted by Crippen LogP contribution is 2.34. The van der Waals surface area contributed by atoms with Crippen LogP contribution in [0.3, 0.4) is 0 Å². The summed E-state index contributed by atoms with van der Waals surface area (Å²) in [6, 6.07) is 9.15. The van der Waals surface area contributed by atoms with Crippen LogP contribution >= 0.6 is 0 Å². The summed E-state index contributed by atoms with van der Waals surface area (Å²) in [4.78, 5) is 24.4. The maximum atomic E-state index is 12.6. The summed E-state index contributed by atoms with van der Waals surface area (Å²) in [5.41, 5.74) is 0.473. The third-order valence-corrected chi connectivity index (χ3v) is 4.30. The maximum Gasteiger partial charge on any atom is 0.407 e. The Balaban J connectivity index is 1.76.